The molecular weight excluding hydrogens is 356 g/mol. The Morgan fingerprint density at radius 1 is 1.18 bits per heavy atom. The second-order valence-electron chi connectivity index (χ2n) is 6.66. The summed E-state index contributed by atoms with van der Waals surface area (Å²) in [7, 11) is 1.63. The summed E-state index contributed by atoms with van der Waals surface area (Å²) in [5, 5.41) is 4.05. The fraction of sp³-hybridized carbons (Fsp3) is 0.190. The van der Waals surface area contributed by atoms with Crippen LogP contribution < -0.4 is 10.4 Å². The van der Waals surface area contributed by atoms with Crippen molar-refractivity contribution in [2.45, 2.75) is 19.9 Å². The third-order valence-corrected chi connectivity index (χ3v) is 4.48. The molecule has 0 saturated heterocycles. The monoisotopic (exact) mass is 376 g/mol. The predicted molar refractivity (Wildman–Crippen MR) is 108 cm³/mol. The Bertz CT molecular complexity index is 1210. The molecular formula is C21H20N4O3. The van der Waals surface area contributed by atoms with E-state index in [0.29, 0.717) is 11.7 Å². The van der Waals surface area contributed by atoms with Gasteiger partial charge in [0, 0.05) is 23.2 Å². The number of nitrogens with one attached hydrogen (secondary N) is 1. The first-order valence-electron chi connectivity index (χ1n) is 8.96. The number of aromatic nitrogens is 4. The topological polar surface area (TPSA) is 85.9 Å². The molecule has 7 nitrogen and oxygen atoms in total. The van der Waals surface area contributed by atoms with Crippen molar-refractivity contribution in [3.05, 3.63) is 64.4 Å². The van der Waals surface area contributed by atoms with Gasteiger partial charge in [-0.05, 0) is 44.2 Å². The number of hydrogen-bond donors (Lipinski definition) is 1. The number of rotatable bonds is 5. The zero-order valence-corrected chi connectivity index (χ0v) is 15.8. The molecule has 0 fully saturated rings. The molecule has 4 aromatic rings. The average Bonchev–Trinajstić information content (AvgIpc) is 3.29. The van der Waals surface area contributed by atoms with E-state index in [1.54, 1.807) is 17.8 Å². The molecule has 0 spiro atoms. The van der Waals surface area contributed by atoms with Crippen LogP contribution in [0.25, 0.3) is 34.6 Å². The number of imidazole rings is 1. The fourth-order valence-corrected chi connectivity index (χ4v) is 3.17. The van der Waals surface area contributed by atoms with Crippen LogP contribution in [0.3, 0.4) is 0 Å². The molecule has 0 radical (unpaired) electrons. The van der Waals surface area contributed by atoms with Gasteiger partial charge in [-0.25, -0.2) is 4.79 Å². The number of fused-ring (bicyclic) bond motifs is 1. The highest BCUT2D eigenvalue weighted by atomic mass is 16.5. The Kier molecular flexibility index (Phi) is 4.57. The molecule has 7 heteroatoms. The molecule has 0 aliphatic rings. The summed E-state index contributed by atoms with van der Waals surface area (Å²) in [4.78, 5) is 19.4. The normalized spacial score (nSPS) is 11.7. The van der Waals surface area contributed by atoms with Gasteiger partial charge in [0.15, 0.2) is 0 Å². The minimum atomic E-state index is -0.129. The molecule has 142 valence electrons. The molecule has 0 aliphatic heterocycles. The zero-order valence-electron chi connectivity index (χ0n) is 15.8. The number of hydrogen-bond acceptors (Lipinski definition) is 5. The van der Waals surface area contributed by atoms with Crippen LogP contribution >= 0.6 is 0 Å². The van der Waals surface area contributed by atoms with E-state index in [2.05, 4.69) is 15.1 Å². The van der Waals surface area contributed by atoms with Crippen LogP contribution in [0, 0.1) is 0 Å². The first kappa shape index (κ1) is 17.8. The van der Waals surface area contributed by atoms with Crippen LogP contribution in [0.1, 0.15) is 31.3 Å². The fourth-order valence-electron chi connectivity index (χ4n) is 3.17. The summed E-state index contributed by atoms with van der Waals surface area (Å²) in [6.07, 6.45) is 3.60. The van der Waals surface area contributed by atoms with Gasteiger partial charge >= 0.3 is 5.69 Å². The van der Waals surface area contributed by atoms with Gasteiger partial charge < -0.3 is 14.2 Å². The molecule has 2 aromatic carbocycles. The number of nitrogens with zero attached hydrogens (tertiary/aromatic N) is 3. The van der Waals surface area contributed by atoms with Crippen molar-refractivity contribution >= 4 is 23.2 Å². The first-order valence-corrected chi connectivity index (χ1v) is 8.96. The number of methoxy groups -OCH3 is 1. The van der Waals surface area contributed by atoms with Crippen molar-refractivity contribution in [3.8, 4) is 17.1 Å². The Morgan fingerprint density at radius 3 is 2.79 bits per heavy atom. The molecule has 0 amide bonds. The van der Waals surface area contributed by atoms with Crippen LogP contribution in [0.5, 0.6) is 5.75 Å². The van der Waals surface area contributed by atoms with Crippen molar-refractivity contribution in [3.63, 3.8) is 0 Å². The number of benzene rings is 2. The van der Waals surface area contributed by atoms with Gasteiger partial charge in [0.1, 0.15) is 5.75 Å². The van der Waals surface area contributed by atoms with E-state index < -0.39 is 0 Å². The average molecular weight is 376 g/mol. The SMILES string of the molecule is COc1ccccc1C=Cc1nc(-c2ccc3c(c2)[nH]c(=O)n3C(C)C)no1. The van der Waals surface area contributed by atoms with Gasteiger partial charge in [0.25, 0.3) is 5.89 Å². The minimum absolute atomic E-state index is 0.0731. The lowest BCUT2D eigenvalue weighted by atomic mass is 10.2. The van der Waals surface area contributed by atoms with Gasteiger partial charge in [0.2, 0.25) is 5.82 Å². The summed E-state index contributed by atoms with van der Waals surface area (Å²) < 4.78 is 12.4. The predicted octanol–water partition coefficient (Wildman–Crippen LogP) is 4.14. The van der Waals surface area contributed by atoms with E-state index >= 15 is 0 Å². The Balaban J connectivity index is 1.64. The van der Waals surface area contributed by atoms with Crippen LogP contribution in [0.15, 0.2) is 51.8 Å². The number of ether oxygens (including phenoxy) is 1. The number of aromatic amines is 1. The van der Waals surface area contributed by atoms with Gasteiger partial charge in [-0.15, -0.1) is 0 Å². The van der Waals surface area contributed by atoms with E-state index in [1.165, 1.54) is 0 Å². The van der Waals surface area contributed by atoms with Crippen LogP contribution in [0.2, 0.25) is 0 Å². The standard InChI is InChI=1S/C21H20N4O3/c1-13(2)25-17-10-8-15(12-16(17)22-21(25)26)20-23-19(28-24-20)11-9-14-6-4-5-7-18(14)27-3/h4-13H,1-3H3,(H,22,26). The third-order valence-electron chi connectivity index (χ3n) is 4.48. The Labute approximate surface area is 161 Å². The van der Waals surface area contributed by atoms with Crippen molar-refractivity contribution in [2.75, 3.05) is 7.11 Å². The van der Waals surface area contributed by atoms with Crippen molar-refractivity contribution in [2.24, 2.45) is 0 Å². The summed E-state index contributed by atoms with van der Waals surface area (Å²) in [5.74, 6) is 1.61. The maximum atomic E-state index is 12.1. The van der Waals surface area contributed by atoms with Gasteiger partial charge in [-0.2, -0.15) is 4.98 Å². The van der Waals surface area contributed by atoms with E-state index in [-0.39, 0.29) is 11.7 Å². The van der Waals surface area contributed by atoms with Crippen LogP contribution in [0.4, 0.5) is 0 Å². The maximum Gasteiger partial charge on any atom is 0.326 e. The van der Waals surface area contributed by atoms with Crippen LogP contribution in [-0.2, 0) is 0 Å². The molecule has 2 heterocycles. The second-order valence-corrected chi connectivity index (χ2v) is 6.66. The number of para-hydroxylation sites is 1. The summed E-state index contributed by atoms with van der Waals surface area (Å²) in [6.45, 7) is 3.95. The maximum absolute atomic E-state index is 12.1. The Morgan fingerprint density at radius 2 is 2.00 bits per heavy atom. The zero-order chi connectivity index (χ0) is 19.7. The van der Waals surface area contributed by atoms with Gasteiger partial charge in [-0.1, -0.05) is 23.4 Å². The largest absolute Gasteiger partial charge is 0.496 e. The minimum Gasteiger partial charge on any atom is -0.496 e. The third kappa shape index (κ3) is 3.22. The Hall–Kier alpha value is -3.61. The molecule has 0 saturated carbocycles. The highest BCUT2D eigenvalue weighted by molar-refractivity contribution is 5.81. The van der Waals surface area contributed by atoms with E-state index in [0.717, 1.165) is 27.9 Å². The van der Waals surface area contributed by atoms with E-state index in [9.17, 15) is 4.79 Å². The van der Waals surface area contributed by atoms with Gasteiger partial charge in [0.05, 0.1) is 18.1 Å². The molecule has 0 unspecified atom stereocenters. The highest BCUT2D eigenvalue weighted by Crippen LogP contribution is 2.23. The van der Waals surface area contributed by atoms with Gasteiger partial charge in [-0.3, -0.25) is 4.57 Å². The summed E-state index contributed by atoms with van der Waals surface area (Å²) >= 11 is 0. The van der Waals surface area contributed by atoms with E-state index in [4.69, 9.17) is 9.26 Å². The second kappa shape index (κ2) is 7.19. The lowest BCUT2D eigenvalue weighted by Gasteiger charge is -2.06. The smallest absolute Gasteiger partial charge is 0.326 e. The van der Waals surface area contributed by atoms with Crippen molar-refractivity contribution in [1.29, 1.82) is 0 Å². The molecule has 0 aliphatic carbocycles. The molecule has 1 N–H and O–H groups in total. The quantitative estimate of drug-likeness (QED) is 0.566. The first-order chi connectivity index (χ1) is 13.6. The summed E-state index contributed by atoms with van der Waals surface area (Å²) in [6, 6.07) is 13.4. The number of H-pyrrole nitrogens is 1. The van der Waals surface area contributed by atoms with Crippen molar-refractivity contribution in [1.82, 2.24) is 19.7 Å². The van der Waals surface area contributed by atoms with Crippen molar-refractivity contribution < 1.29 is 9.26 Å². The molecule has 0 bridgehead atoms. The lowest BCUT2D eigenvalue weighted by molar-refractivity contribution is 0.411. The molecule has 2 aromatic heterocycles. The molecule has 0 atom stereocenters. The lowest BCUT2D eigenvalue weighted by Crippen LogP contribution is -2.18. The molecule has 4 rings (SSSR count). The summed E-state index contributed by atoms with van der Waals surface area (Å²) in [5.41, 5.74) is 3.15. The van der Waals surface area contributed by atoms with Crippen LogP contribution in [-0.4, -0.2) is 26.8 Å². The molecule has 28 heavy (non-hydrogen) atoms. The van der Waals surface area contributed by atoms with E-state index in [1.807, 2.05) is 62.4 Å². The highest BCUT2D eigenvalue weighted by Gasteiger charge is 2.13.